The molecule has 0 spiro atoms. The third kappa shape index (κ3) is 4.00. The zero-order valence-corrected chi connectivity index (χ0v) is 11.8. The fourth-order valence-corrected chi connectivity index (χ4v) is 2.14. The van der Waals surface area contributed by atoms with Crippen molar-refractivity contribution in [2.24, 2.45) is 0 Å². The number of rotatable bonds is 5. The van der Waals surface area contributed by atoms with Crippen molar-refractivity contribution in [1.29, 1.82) is 0 Å². The Balaban J connectivity index is 2.24. The van der Waals surface area contributed by atoms with E-state index in [0.29, 0.717) is 11.1 Å². The van der Waals surface area contributed by atoms with Crippen molar-refractivity contribution in [2.45, 2.75) is 38.9 Å². The number of alkyl halides is 3. The summed E-state index contributed by atoms with van der Waals surface area (Å²) in [5, 5.41) is 4.18. The molecule has 0 bridgehead atoms. The van der Waals surface area contributed by atoms with Gasteiger partial charge in [-0.15, -0.1) is 0 Å². The summed E-state index contributed by atoms with van der Waals surface area (Å²) in [6.45, 7) is 2.88. The normalized spacial score (nSPS) is 11.8. The molecule has 0 saturated heterocycles. The van der Waals surface area contributed by atoms with Crippen molar-refractivity contribution in [2.75, 3.05) is 5.73 Å². The number of nitrogens with two attached hydrogens (primary N) is 1. The van der Waals surface area contributed by atoms with Gasteiger partial charge in [-0.3, -0.25) is 4.68 Å². The highest BCUT2D eigenvalue weighted by Gasteiger charge is 2.31. The number of benzene rings is 1. The summed E-state index contributed by atoms with van der Waals surface area (Å²) in [6, 6.07) is 3.57. The minimum absolute atomic E-state index is 0.0959. The van der Waals surface area contributed by atoms with Crippen LogP contribution in [0.25, 0.3) is 11.1 Å². The SMILES string of the molecule is CCCCCn1cc(-c2cc(N)cc(C(F)(F)F)c2)cn1. The maximum Gasteiger partial charge on any atom is 0.416 e. The predicted molar refractivity (Wildman–Crippen MR) is 76.6 cm³/mol. The van der Waals surface area contributed by atoms with Gasteiger partial charge in [-0.25, -0.2) is 0 Å². The molecule has 0 aliphatic heterocycles. The molecule has 2 aromatic rings. The van der Waals surface area contributed by atoms with Crippen LogP contribution >= 0.6 is 0 Å². The number of nitrogen functional groups attached to an aromatic ring is 1. The first-order valence-electron chi connectivity index (χ1n) is 6.90. The van der Waals surface area contributed by atoms with E-state index in [2.05, 4.69) is 12.0 Å². The maximum atomic E-state index is 12.8. The van der Waals surface area contributed by atoms with Crippen LogP contribution in [0.4, 0.5) is 18.9 Å². The molecule has 21 heavy (non-hydrogen) atoms. The number of aryl methyl sites for hydroxylation is 1. The Morgan fingerprint density at radius 2 is 1.90 bits per heavy atom. The van der Waals surface area contributed by atoms with Crippen molar-refractivity contribution in [3.8, 4) is 11.1 Å². The number of nitrogens with zero attached hydrogens (tertiary/aromatic N) is 2. The minimum atomic E-state index is -4.40. The highest BCUT2D eigenvalue weighted by molar-refractivity contribution is 5.67. The summed E-state index contributed by atoms with van der Waals surface area (Å²) in [5.41, 5.74) is 6.00. The summed E-state index contributed by atoms with van der Waals surface area (Å²) in [4.78, 5) is 0. The molecule has 0 saturated carbocycles. The van der Waals surface area contributed by atoms with Crippen LogP contribution in [0.1, 0.15) is 31.7 Å². The van der Waals surface area contributed by atoms with E-state index in [-0.39, 0.29) is 5.69 Å². The van der Waals surface area contributed by atoms with Gasteiger partial charge in [0.1, 0.15) is 0 Å². The number of hydrogen-bond acceptors (Lipinski definition) is 2. The number of halogens is 3. The van der Waals surface area contributed by atoms with E-state index in [1.165, 1.54) is 6.07 Å². The third-order valence-electron chi connectivity index (χ3n) is 3.24. The highest BCUT2D eigenvalue weighted by atomic mass is 19.4. The summed E-state index contributed by atoms with van der Waals surface area (Å²) in [7, 11) is 0. The van der Waals surface area contributed by atoms with Crippen LogP contribution in [0, 0.1) is 0 Å². The van der Waals surface area contributed by atoms with Gasteiger partial charge in [-0.1, -0.05) is 19.8 Å². The Kier molecular flexibility index (Phi) is 4.55. The van der Waals surface area contributed by atoms with Crippen molar-refractivity contribution in [1.82, 2.24) is 9.78 Å². The number of unbranched alkanes of at least 4 members (excludes halogenated alkanes) is 2. The van der Waals surface area contributed by atoms with E-state index in [4.69, 9.17) is 5.73 Å². The summed E-state index contributed by atoms with van der Waals surface area (Å²) in [6.07, 6.45) is 2.14. The lowest BCUT2D eigenvalue weighted by molar-refractivity contribution is -0.137. The molecule has 2 rings (SSSR count). The Hall–Kier alpha value is -1.98. The number of aromatic nitrogens is 2. The molecule has 0 unspecified atom stereocenters. The van der Waals surface area contributed by atoms with E-state index in [9.17, 15) is 13.2 Å². The van der Waals surface area contributed by atoms with Crippen LogP contribution in [-0.4, -0.2) is 9.78 Å². The lowest BCUT2D eigenvalue weighted by Crippen LogP contribution is -2.05. The van der Waals surface area contributed by atoms with Crippen LogP contribution < -0.4 is 5.73 Å². The molecule has 1 heterocycles. The lowest BCUT2D eigenvalue weighted by atomic mass is 10.0. The van der Waals surface area contributed by atoms with Crippen LogP contribution in [0.5, 0.6) is 0 Å². The molecule has 3 nitrogen and oxygen atoms in total. The van der Waals surface area contributed by atoms with Crippen molar-refractivity contribution in [3.63, 3.8) is 0 Å². The Labute approximate surface area is 121 Å². The second-order valence-corrected chi connectivity index (χ2v) is 5.04. The molecule has 0 aliphatic rings. The van der Waals surface area contributed by atoms with Gasteiger partial charge in [-0.2, -0.15) is 18.3 Å². The molecule has 6 heteroatoms. The fraction of sp³-hybridized carbons (Fsp3) is 0.400. The molecule has 0 radical (unpaired) electrons. The average Bonchev–Trinajstić information content (AvgIpc) is 2.86. The van der Waals surface area contributed by atoms with Gasteiger partial charge in [0.2, 0.25) is 0 Å². The van der Waals surface area contributed by atoms with Crippen molar-refractivity contribution >= 4 is 5.69 Å². The molecule has 0 atom stereocenters. The van der Waals surface area contributed by atoms with Gasteiger partial charge in [0, 0.05) is 24.0 Å². The van der Waals surface area contributed by atoms with Crippen LogP contribution in [0.2, 0.25) is 0 Å². The zero-order chi connectivity index (χ0) is 15.5. The minimum Gasteiger partial charge on any atom is -0.399 e. The topological polar surface area (TPSA) is 43.8 Å². The van der Waals surface area contributed by atoms with Crippen LogP contribution in [0.15, 0.2) is 30.6 Å². The Bertz CT molecular complexity index is 602. The van der Waals surface area contributed by atoms with Crippen molar-refractivity contribution < 1.29 is 13.2 Å². The molecule has 114 valence electrons. The zero-order valence-electron chi connectivity index (χ0n) is 11.8. The van der Waals surface area contributed by atoms with Gasteiger partial charge in [0.25, 0.3) is 0 Å². The first kappa shape index (κ1) is 15.4. The fourth-order valence-electron chi connectivity index (χ4n) is 2.14. The first-order valence-corrected chi connectivity index (χ1v) is 6.90. The average molecular weight is 297 g/mol. The first-order chi connectivity index (χ1) is 9.90. The second kappa shape index (κ2) is 6.20. The molecular formula is C15H18F3N3. The Morgan fingerprint density at radius 3 is 2.57 bits per heavy atom. The molecular weight excluding hydrogens is 279 g/mol. The molecule has 0 fully saturated rings. The molecule has 0 amide bonds. The van der Waals surface area contributed by atoms with Gasteiger partial charge in [-0.05, 0) is 30.2 Å². The van der Waals surface area contributed by atoms with E-state index >= 15 is 0 Å². The van der Waals surface area contributed by atoms with E-state index in [1.807, 2.05) is 0 Å². The molecule has 1 aromatic heterocycles. The highest BCUT2D eigenvalue weighted by Crippen LogP contribution is 2.34. The Morgan fingerprint density at radius 1 is 1.14 bits per heavy atom. The predicted octanol–water partition coefficient (Wildman–Crippen LogP) is 4.34. The lowest BCUT2D eigenvalue weighted by Gasteiger charge is -2.09. The van der Waals surface area contributed by atoms with Crippen molar-refractivity contribution in [3.05, 3.63) is 36.2 Å². The van der Waals surface area contributed by atoms with E-state index in [0.717, 1.165) is 37.9 Å². The standard InChI is InChI=1S/C15H18F3N3/c1-2-3-4-5-21-10-12(9-20-21)11-6-13(15(16,17)18)8-14(19)7-11/h6-10H,2-5,19H2,1H3. The van der Waals surface area contributed by atoms with Gasteiger partial charge in [0.05, 0.1) is 11.8 Å². The summed E-state index contributed by atoms with van der Waals surface area (Å²) in [5.74, 6) is 0. The molecule has 2 N–H and O–H groups in total. The van der Waals surface area contributed by atoms with Crippen LogP contribution in [0.3, 0.4) is 0 Å². The maximum absolute atomic E-state index is 12.8. The van der Waals surface area contributed by atoms with Gasteiger partial charge < -0.3 is 5.73 Å². The quantitative estimate of drug-likeness (QED) is 0.659. The largest absolute Gasteiger partial charge is 0.416 e. The second-order valence-electron chi connectivity index (χ2n) is 5.04. The van der Waals surface area contributed by atoms with Crippen LogP contribution in [-0.2, 0) is 12.7 Å². The van der Waals surface area contributed by atoms with Gasteiger partial charge >= 0.3 is 6.18 Å². The molecule has 1 aromatic carbocycles. The molecule has 0 aliphatic carbocycles. The summed E-state index contributed by atoms with van der Waals surface area (Å²) >= 11 is 0. The van der Waals surface area contributed by atoms with Gasteiger partial charge in [0.15, 0.2) is 0 Å². The number of anilines is 1. The smallest absolute Gasteiger partial charge is 0.399 e. The number of hydrogen-bond donors (Lipinski definition) is 1. The van der Waals surface area contributed by atoms with E-state index in [1.54, 1.807) is 17.1 Å². The summed E-state index contributed by atoms with van der Waals surface area (Å²) < 4.78 is 40.1. The van der Waals surface area contributed by atoms with E-state index < -0.39 is 11.7 Å². The third-order valence-corrected chi connectivity index (χ3v) is 3.24. The monoisotopic (exact) mass is 297 g/mol.